The standard InChI is InChI=1S/C22H44O2Si2.C16H30O2Si.C14H26O2Si.C7H15F3O3SSi.C2H3.CH4.BrH.Mg/c1-15-17-19(24-26(13,14)21(6,7)8)22(9,10)18(16-2)23-25(11,12)20(3,4)5;1-10-12-14(16(6,7)13(17)11-2)18-19(8,9)15(3,4)5;1-9-10-12(14(5,6)11-15)16-17(7,8)13(2,3)4;1-6(2,3)15(4,5)13-14(11,12)7(8,9)10;1-2;;;/h1,16,18-19H,2,17H2,3-14H3;1,11,13-14,17H,2,12H2,3-9H3;1,11-12H,10H2,2-8H3;1-5H3;1H,2H2;1H4;1H;/q;;;;-1;;;+2/p-1. The van der Waals surface area contributed by atoms with Crippen LogP contribution in [0.5, 0.6) is 0 Å². The number of alkyl halides is 3. The van der Waals surface area contributed by atoms with Crippen LogP contribution in [-0.4, -0.2) is 120 Å². The van der Waals surface area contributed by atoms with E-state index in [4.69, 9.17) is 37.0 Å². The fraction of sp³-hybridized carbons (Fsp3) is 0.790. The predicted molar refractivity (Wildman–Crippen MR) is 358 cm³/mol. The minimum absolute atomic E-state index is 0. The monoisotopic (exact) mass is 1340 g/mol. The molecule has 0 heterocycles. The summed E-state index contributed by atoms with van der Waals surface area (Å²) in [5.74, 6) is 8.14. The number of hydrogen-bond acceptors (Lipinski definition) is 9. The van der Waals surface area contributed by atoms with Crippen molar-refractivity contribution in [1.29, 1.82) is 0 Å². The van der Waals surface area contributed by atoms with E-state index in [1.807, 2.05) is 33.8 Å². The zero-order chi connectivity index (χ0) is 65.3. The molecule has 0 spiro atoms. The summed E-state index contributed by atoms with van der Waals surface area (Å²) in [6, 6.07) is 0. The van der Waals surface area contributed by atoms with Crippen LogP contribution in [-0.2, 0) is 36.5 Å². The molecule has 0 rings (SSSR count). The molecule has 0 amide bonds. The molecule has 0 aromatic carbocycles. The van der Waals surface area contributed by atoms with Gasteiger partial charge in [0, 0.05) is 35.5 Å². The van der Waals surface area contributed by atoms with Gasteiger partial charge in [-0.15, -0.1) is 50.2 Å². The van der Waals surface area contributed by atoms with Crippen molar-refractivity contribution in [3.05, 3.63) is 38.5 Å². The summed E-state index contributed by atoms with van der Waals surface area (Å²) in [5.41, 5.74) is -6.56. The van der Waals surface area contributed by atoms with Gasteiger partial charge in [-0.1, -0.05) is 165 Å². The molecule has 9 nitrogen and oxygen atoms in total. The molecule has 0 bridgehead atoms. The van der Waals surface area contributed by atoms with Gasteiger partial charge in [0.1, 0.15) is 6.29 Å². The molecule has 82 heavy (non-hydrogen) atoms. The zero-order valence-corrected chi connectivity index (χ0v) is 65.8. The number of aliphatic hydroxyl groups is 1. The number of hydrogen-bond donors (Lipinski definition) is 1. The van der Waals surface area contributed by atoms with Gasteiger partial charge < -0.3 is 55.0 Å². The number of aldehydes is 1. The second-order valence-corrected chi connectivity index (χ2v) is 55.4. The number of carbonyl (C=O) groups excluding carboxylic acids is 1. The molecule has 0 aliphatic carbocycles. The van der Waals surface area contributed by atoms with Crippen LogP contribution in [0, 0.1) is 59.9 Å². The summed E-state index contributed by atoms with van der Waals surface area (Å²) in [5, 5.41) is 10.1. The first-order valence-corrected chi connectivity index (χ1v) is 43.2. The van der Waals surface area contributed by atoms with Crippen LogP contribution >= 0.6 is 0 Å². The molecular weight excluding hydrogens is 1220 g/mol. The first-order chi connectivity index (χ1) is 34.4. The number of terminal acetylenes is 3. The number of rotatable bonds is 21. The van der Waals surface area contributed by atoms with Gasteiger partial charge in [0.25, 0.3) is 0 Å². The van der Waals surface area contributed by atoms with Gasteiger partial charge in [-0.05, 0) is 90.7 Å². The third-order valence-corrected chi connectivity index (χ3v) is 41.6. The summed E-state index contributed by atoms with van der Waals surface area (Å²) >= 11 is 0. The molecule has 0 saturated carbocycles. The normalized spacial score (nSPS) is 15.2. The van der Waals surface area contributed by atoms with Crippen LogP contribution in [0.1, 0.15) is 172 Å². The fourth-order valence-electron chi connectivity index (χ4n) is 5.49. The average Bonchev–Trinajstić information content (AvgIpc) is 3.23. The van der Waals surface area contributed by atoms with Crippen molar-refractivity contribution in [2.45, 2.75) is 299 Å². The predicted octanol–water partition coefficient (Wildman–Crippen LogP) is 15.3. The van der Waals surface area contributed by atoms with Gasteiger partial charge >= 0.3 is 38.7 Å². The summed E-state index contributed by atoms with van der Waals surface area (Å²) in [7, 11) is -16.1. The van der Waals surface area contributed by atoms with Crippen LogP contribution in [0.3, 0.4) is 0 Å². The van der Waals surface area contributed by atoms with Crippen molar-refractivity contribution in [3.8, 4) is 37.0 Å². The molecule has 0 fully saturated rings. The quantitative estimate of drug-likeness (QED) is 0.0299. The third kappa shape index (κ3) is 31.0. The van der Waals surface area contributed by atoms with Gasteiger partial charge in [-0.25, -0.2) is 0 Å². The molecule has 0 aromatic heterocycles. The first-order valence-electron chi connectivity index (χ1n) is 27.3. The summed E-state index contributed by atoms with van der Waals surface area (Å²) in [4.78, 5) is 11.1. The van der Waals surface area contributed by atoms with Gasteiger partial charge in [-0.3, -0.25) is 6.58 Å². The number of aliphatic hydroxyl groups excluding tert-OH is 1. The van der Waals surface area contributed by atoms with E-state index >= 15 is 0 Å². The van der Waals surface area contributed by atoms with Crippen LogP contribution in [0.25, 0.3) is 0 Å². The van der Waals surface area contributed by atoms with E-state index in [0.29, 0.717) is 19.3 Å². The molecule has 0 aromatic rings. The molecule has 0 aliphatic rings. The third-order valence-electron chi connectivity index (χ3n) is 17.0. The average molecular weight is 1350 g/mol. The maximum Gasteiger partial charge on any atom is 2.00 e. The van der Waals surface area contributed by atoms with Crippen LogP contribution in [0.15, 0.2) is 31.9 Å². The van der Waals surface area contributed by atoms with E-state index in [2.05, 4.69) is 197 Å². The van der Waals surface area contributed by atoms with Crippen LogP contribution in [0.2, 0.25) is 90.7 Å². The Morgan fingerprint density at radius 1 is 0.512 bits per heavy atom. The Morgan fingerprint density at radius 3 is 0.976 bits per heavy atom. The molecule has 1 N–H and O–H groups in total. The Morgan fingerprint density at radius 2 is 0.756 bits per heavy atom. The Balaban J connectivity index is -0.000000148. The minimum Gasteiger partial charge on any atom is -1.00 e. The van der Waals surface area contributed by atoms with Crippen molar-refractivity contribution < 1.29 is 70.0 Å². The van der Waals surface area contributed by atoms with Crippen molar-refractivity contribution in [1.82, 2.24) is 0 Å². The molecule has 0 saturated heterocycles. The van der Waals surface area contributed by atoms with Crippen LogP contribution < -0.4 is 17.0 Å². The molecule has 480 valence electrons. The molecule has 5 unspecified atom stereocenters. The summed E-state index contributed by atoms with van der Waals surface area (Å²) < 4.78 is 88.3. The maximum absolute atomic E-state index is 12.1. The van der Waals surface area contributed by atoms with Gasteiger partial charge in [0.2, 0.25) is 8.32 Å². The fourth-order valence-corrected chi connectivity index (χ4v) is 14.8. The zero-order valence-electron chi connectivity index (χ0n) is 57.0. The second-order valence-electron chi connectivity index (χ2n) is 29.9. The topological polar surface area (TPSA) is 118 Å². The molecule has 20 heteroatoms. The van der Waals surface area contributed by atoms with E-state index in [9.17, 15) is 31.5 Å². The van der Waals surface area contributed by atoms with Crippen molar-refractivity contribution in [2.75, 3.05) is 0 Å². The molecule has 0 aliphatic heterocycles. The minimum atomic E-state index is -5.48. The SMILES string of the molecule is C.C#CCC(O[Si](C)(C)C(C)(C)C)C(C)(C)C(C=C)O[Si](C)(C)C(C)(C)C.C#CCC(O[Si](C)(C)C(C)(C)C)C(C)(C)C(O)C=C.C#CCC(O[Si](C)(C)C(C)(C)C)C(C)(C)C=O.CC(C)(C)[Si](C)(C)OS(=O)(=O)C(F)(F)F.[Br-].[CH-]=C.[Mg+2]. The van der Waals surface area contributed by atoms with Crippen molar-refractivity contribution in [3.63, 3.8) is 0 Å². The van der Waals surface area contributed by atoms with E-state index < -0.39 is 79.2 Å². The largest absolute Gasteiger partial charge is 2.00 e. The Labute approximate surface area is 537 Å². The summed E-state index contributed by atoms with van der Waals surface area (Å²) in [6.07, 6.45) is 21.5. The number of halogens is 4. The number of carbonyl (C=O) groups is 1. The van der Waals surface area contributed by atoms with Crippen molar-refractivity contribution in [2.24, 2.45) is 16.2 Å². The van der Waals surface area contributed by atoms with Gasteiger partial charge in [0.15, 0.2) is 33.3 Å². The molecular formula is C62H122BrF3MgO9SSi5. The van der Waals surface area contributed by atoms with E-state index in [1.165, 1.54) is 13.1 Å². The molecule has 5 atom stereocenters. The Bertz CT molecular complexity index is 2130. The first kappa shape index (κ1) is 97.7. The van der Waals surface area contributed by atoms with Gasteiger partial charge in [-0.2, -0.15) is 21.6 Å². The van der Waals surface area contributed by atoms with E-state index in [-0.39, 0.29) is 97.4 Å². The summed E-state index contributed by atoms with van der Waals surface area (Å²) in [6.45, 7) is 79.3. The van der Waals surface area contributed by atoms with Crippen molar-refractivity contribution >= 4 is 81.0 Å². The van der Waals surface area contributed by atoms with E-state index in [0.717, 1.165) is 6.29 Å². The molecule has 0 radical (unpaired) electrons. The maximum atomic E-state index is 12.1. The second kappa shape index (κ2) is 36.2. The Kier molecular flexibility index (Phi) is 43.1. The smallest absolute Gasteiger partial charge is 1.00 e. The Hall–Kier alpha value is -0.599. The van der Waals surface area contributed by atoms with Gasteiger partial charge in [0.05, 0.1) is 30.5 Å². The van der Waals surface area contributed by atoms with E-state index in [1.54, 1.807) is 26.8 Å². The van der Waals surface area contributed by atoms with Crippen LogP contribution in [0.4, 0.5) is 13.2 Å².